The molecule has 6 nitrogen and oxygen atoms in total. The first kappa shape index (κ1) is 19.1. The van der Waals surface area contributed by atoms with Crippen LogP contribution in [0, 0.1) is 0 Å². The van der Waals surface area contributed by atoms with E-state index in [0.29, 0.717) is 31.0 Å². The van der Waals surface area contributed by atoms with Gasteiger partial charge in [-0.25, -0.2) is 9.79 Å². The maximum Gasteiger partial charge on any atom is 0.338 e. The van der Waals surface area contributed by atoms with Gasteiger partial charge in [0.25, 0.3) is 5.56 Å². The number of carbonyl (C=O) groups excluding carboxylic acids is 1. The van der Waals surface area contributed by atoms with Gasteiger partial charge in [0.1, 0.15) is 11.8 Å². The highest BCUT2D eigenvalue weighted by atomic mass is 79.9. The molecule has 4 rings (SSSR count). The molecule has 0 amide bonds. The standard InChI is InChI=1S/C19H15BrN2O4S2/c1-3-25-18(24)15-10(2)21-19-22(16(15)12-5-4-8-27-12)17(23)13(28-19)9-11-6-7-14(20)26-11/h4-9,16H,3H2,1-2H3/b13-9+/t16-/m1/s1. The maximum atomic E-state index is 13.2. The van der Waals surface area contributed by atoms with Gasteiger partial charge in [-0.05, 0) is 53.4 Å². The van der Waals surface area contributed by atoms with Crippen LogP contribution in [0.4, 0.5) is 0 Å². The summed E-state index contributed by atoms with van der Waals surface area (Å²) in [6, 6.07) is 6.79. The molecule has 28 heavy (non-hydrogen) atoms. The lowest BCUT2D eigenvalue weighted by molar-refractivity contribution is -0.139. The zero-order valence-electron chi connectivity index (χ0n) is 15.0. The number of esters is 1. The fourth-order valence-electron chi connectivity index (χ4n) is 3.04. The van der Waals surface area contributed by atoms with Crippen molar-refractivity contribution in [3.05, 3.63) is 75.9 Å². The summed E-state index contributed by atoms with van der Waals surface area (Å²) in [6.45, 7) is 3.78. The molecule has 1 atom stereocenters. The number of fused-ring (bicyclic) bond motifs is 1. The Bertz CT molecular complexity index is 1250. The van der Waals surface area contributed by atoms with Crippen molar-refractivity contribution in [1.82, 2.24) is 4.57 Å². The second-order valence-electron chi connectivity index (χ2n) is 5.96. The molecule has 3 aromatic rings. The Kier molecular flexibility index (Phi) is 5.22. The van der Waals surface area contributed by atoms with Crippen molar-refractivity contribution in [3.63, 3.8) is 0 Å². The fourth-order valence-corrected chi connectivity index (χ4v) is 5.21. The molecule has 1 aliphatic rings. The molecular weight excluding hydrogens is 464 g/mol. The zero-order valence-corrected chi connectivity index (χ0v) is 18.2. The summed E-state index contributed by atoms with van der Waals surface area (Å²) in [5.41, 5.74) is 0.735. The van der Waals surface area contributed by atoms with Crippen molar-refractivity contribution < 1.29 is 13.9 Å². The van der Waals surface area contributed by atoms with Crippen LogP contribution in [0.2, 0.25) is 0 Å². The number of hydrogen-bond acceptors (Lipinski definition) is 7. The zero-order chi connectivity index (χ0) is 19.8. The first-order chi connectivity index (χ1) is 13.5. The van der Waals surface area contributed by atoms with Crippen LogP contribution in [0.15, 0.2) is 59.8 Å². The van der Waals surface area contributed by atoms with Crippen molar-refractivity contribution in [1.29, 1.82) is 0 Å². The van der Waals surface area contributed by atoms with Gasteiger partial charge >= 0.3 is 5.97 Å². The monoisotopic (exact) mass is 478 g/mol. The van der Waals surface area contributed by atoms with E-state index in [4.69, 9.17) is 9.15 Å². The van der Waals surface area contributed by atoms with E-state index in [1.807, 2.05) is 17.5 Å². The molecule has 0 aromatic carbocycles. The Hall–Kier alpha value is -2.23. The average Bonchev–Trinajstić information content (AvgIpc) is 3.37. The molecule has 3 aromatic heterocycles. The molecule has 0 bridgehead atoms. The summed E-state index contributed by atoms with van der Waals surface area (Å²) in [6.07, 6.45) is 1.68. The van der Waals surface area contributed by atoms with Crippen LogP contribution in [-0.4, -0.2) is 17.1 Å². The van der Waals surface area contributed by atoms with Gasteiger partial charge in [-0.1, -0.05) is 17.4 Å². The van der Waals surface area contributed by atoms with Crippen LogP contribution in [-0.2, 0) is 9.53 Å². The van der Waals surface area contributed by atoms with E-state index in [1.54, 1.807) is 36.6 Å². The third kappa shape index (κ3) is 3.34. The molecule has 0 radical (unpaired) electrons. The van der Waals surface area contributed by atoms with E-state index in [0.717, 1.165) is 4.88 Å². The molecule has 0 N–H and O–H groups in total. The third-order valence-corrected chi connectivity index (χ3v) is 6.53. The van der Waals surface area contributed by atoms with Crippen molar-refractivity contribution in [2.24, 2.45) is 4.99 Å². The van der Waals surface area contributed by atoms with Gasteiger partial charge in [0.05, 0.1) is 22.4 Å². The second-order valence-corrected chi connectivity index (χ2v) is 8.73. The lowest BCUT2D eigenvalue weighted by Crippen LogP contribution is -2.39. The summed E-state index contributed by atoms with van der Waals surface area (Å²) >= 11 is 6.02. The number of nitrogens with zero attached hydrogens (tertiary/aromatic N) is 2. The highest BCUT2D eigenvalue weighted by Gasteiger charge is 2.33. The van der Waals surface area contributed by atoms with Crippen molar-refractivity contribution in [2.45, 2.75) is 19.9 Å². The molecule has 1 aliphatic heterocycles. The molecule has 0 saturated heterocycles. The number of hydrogen-bond donors (Lipinski definition) is 0. The molecule has 0 spiro atoms. The molecule has 0 unspecified atom stereocenters. The van der Waals surface area contributed by atoms with Crippen LogP contribution < -0.4 is 14.9 Å². The minimum atomic E-state index is -0.555. The van der Waals surface area contributed by atoms with Crippen LogP contribution in [0.1, 0.15) is 30.5 Å². The number of furan rings is 1. The Balaban J connectivity index is 1.95. The van der Waals surface area contributed by atoms with Crippen LogP contribution in [0.3, 0.4) is 0 Å². The molecule has 0 aliphatic carbocycles. The van der Waals surface area contributed by atoms with Gasteiger partial charge in [-0.2, -0.15) is 0 Å². The topological polar surface area (TPSA) is 73.8 Å². The van der Waals surface area contributed by atoms with E-state index in [-0.39, 0.29) is 12.2 Å². The highest BCUT2D eigenvalue weighted by molar-refractivity contribution is 9.10. The number of allylic oxidation sites excluding steroid dienone is 1. The van der Waals surface area contributed by atoms with E-state index < -0.39 is 12.0 Å². The Labute approximate surface area is 176 Å². The average molecular weight is 479 g/mol. The summed E-state index contributed by atoms with van der Waals surface area (Å²) in [5, 5.41) is 1.92. The van der Waals surface area contributed by atoms with Gasteiger partial charge in [0.15, 0.2) is 9.47 Å². The minimum absolute atomic E-state index is 0.219. The second kappa shape index (κ2) is 7.65. The Morgan fingerprint density at radius 1 is 1.43 bits per heavy atom. The predicted molar refractivity (Wildman–Crippen MR) is 111 cm³/mol. The van der Waals surface area contributed by atoms with Gasteiger partial charge in [0, 0.05) is 11.0 Å². The lowest BCUT2D eigenvalue weighted by atomic mass is 10.0. The van der Waals surface area contributed by atoms with Crippen LogP contribution in [0.25, 0.3) is 6.08 Å². The Morgan fingerprint density at radius 2 is 2.25 bits per heavy atom. The summed E-state index contributed by atoms with van der Waals surface area (Å²) in [5.74, 6) is 0.109. The molecule has 9 heteroatoms. The number of thiazole rings is 1. The predicted octanol–water partition coefficient (Wildman–Crippen LogP) is 3.22. The molecule has 0 saturated carbocycles. The van der Waals surface area contributed by atoms with Crippen LogP contribution >= 0.6 is 38.6 Å². The van der Waals surface area contributed by atoms with Gasteiger partial charge < -0.3 is 9.15 Å². The van der Waals surface area contributed by atoms with Gasteiger partial charge in [-0.15, -0.1) is 11.3 Å². The first-order valence-electron chi connectivity index (χ1n) is 8.48. The fraction of sp³-hybridized carbons (Fsp3) is 0.211. The number of aromatic nitrogens is 1. The van der Waals surface area contributed by atoms with Crippen molar-refractivity contribution in [2.75, 3.05) is 6.61 Å². The SMILES string of the molecule is CCOC(=O)C1=C(C)N=c2s/c(=C/c3ccc(Br)o3)c(=O)n2[C@@H]1c1cccs1. The van der Waals surface area contributed by atoms with E-state index in [1.165, 1.54) is 22.7 Å². The van der Waals surface area contributed by atoms with Gasteiger partial charge in [-0.3, -0.25) is 9.36 Å². The van der Waals surface area contributed by atoms with E-state index in [2.05, 4.69) is 20.9 Å². The van der Waals surface area contributed by atoms with Crippen molar-refractivity contribution >= 4 is 50.6 Å². The van der Waals surface area contributed by atoms with Gasteiger partial charge in [0.2, 0.25) is 0 Å². The molecule has 4 heterocycles. The lowest BCUT2D eigenvalue weighted by Gasteiger charge is -2.23. The number of halogens is 1. The summed E-state index contributed by atoms with van der Waals surface area (Å²) in [7, 11) is 0. The first-order valence-corrected chi connectivity index (χ1v) is 11.0. The summed E-state index contributed by atoms with van der Waals surface area (Å²) in [4.78, 5) is 31.8. The number of carbonyl (C=O) groups is 1. The normalized spacial score (nSPS) is 16.8. The van der Waals surface area contributed by atoms with Crippen molar-refractivity contribution in [3.8, 4) is 0 Å². The maximum absolute atomic E-state index is 13.2. The highest BCUT2D eigenvalue weighted by Crippen LogP contribution is 2.33. The van der Waals surface area contributed by atoms with E-state index >= 15 is 0 Å². The third-order valence-electron chi connectivity index (χ3n) is 4.20. The molecule has 144 valence electrons. The minimum Gasteiger partial charge on any atom is -0.463 e. The largest absolute Gasteiger partial charge is 0.463 e. The molecular formula is C19H15BrN2O4S2. The Morgan fingerprint density at radius 3 is 2.89 bits per heavy atom. The number of thiophene rings is 1. The number of rotatable bonds is 4. The smallest absolute Gasteiger partial charge is 0.338 e. The number of ether oxygens (including phenoxy) is 1. The molecule has 0 fully saturated rings. The van der Waals surface area contributed by atoms with Crippen LogP contribution in [0.5, 0.6) is 0 Å². The quantitative estimate of drug-likeness (QED) is 0.539. The van der Waals surface area contributed by atoms with E-state index in [9.17, 15) is 9.59 Å². The summed E-state index contributed by atoms with van der Waals surface area (Å²) < 4.78 is 13.4.